The maximum atomic E-state index is 9.44. The molecule has 0 aliphatic carbocycles. The molecule has 1 atom stereocenters. The minimum Gasteiger partial charge on any atom is -0.392 e. The monoisotopic (exact) mass is 246 g/mol. The zero-order valence-electron chi connectivity index (χ0n) is 11.4. The van der Waals surface area contributed by atoms with Crippen molar-refractivity contribution in [1.82, 2.24) is 4.90 Å². The standard InChI is InChI=1S/C14H23BN2O/c1-11-13(15)4-2-5-14(11)16-7-3-8-17-9-6-12(18)10-17/h2,4-5,12,16,18H,3,6-10,15H2,1H3. The van der Waals surface area contributed by atoms with Gasteiger partial charge >= 0.3 is 0 Å². The Morgan fingerprint density at radius 2 is 2.33 bits per heavy atom. The molecular weight excluding hydrogens is 223 g/mol. The predicted molar refractivity (Wildman–Crippen MR) is 79.5 cm³/mol. The number of aliphatic hydroxyl groups is 1. The first-order chi connectivity index (χ1) is 8.66. The van der Waals surface area contributed by atoms with Crippen LogP contribution in [-0.2, 0) is 0 Å². The number of aliphatic hydroxyl groups excluding tert-OH is 1. The number of hydrogen-bond acceptors (Lipinski definition) is 3. The molecule has 1 aliphatic heterocycles. The summed E-state index contributed by atoms with van der Waals surface area (Å²) in [6.45, 7) is 6.13. The van der Waals surface area contributed by atoms with Gasteiger partial charge in [0.05, 0.1) is 6.10 Å². The SMILES string of the molecule is Bc1cccc(NCCCN2CCC(O)C2)c1C. The number of anilines is 1. The molecule has 0 aromatic heterocycles. The number of likely N-dealkylation sites (tertiary alicyclic amines) is 1. The third-order valence-electron chi connectivity index (χ3n) is 3.82. The first kappa shape index (κ1) is 13.4. The third-order valence-corrected chi connectivity index (χ3v) is 3.82. The predicted octanol–water partition coefficient (Wildman–Crippen LogP) is 0.122. The van der Waals surface area contributed by atoms with Gasteiger partial charge in [-0.3, -0.25) is 0 Å². The first-order valence-electron chi connectivity index (χ1n) is 6.87. The highest BCUT2D eigenvalue weighted by Crippen LogP contribution is 2.12. The van der Waals surface area contributed by atoms with E-state index in [4.69, 9.17) is 0 Å². The van der Waals surface area contributed by atoms with Crippen molar-refractivity contribution < 1.29 is 5.11 Å². The smallest absolute Gasteiger partial charge is 0.139 e. The van der Waals surface area contributed by atoms with Crippen molar-refractivity contribution in [3.8, 4) is 0 Å². The van der Waals surface area contributed by atoms with Gasteiger partial charge in [0.1, 0.15) is 7.85 Å². The van der Waals surface area contributed by atoms with Crippen LogP contribution in [0.2, 0.25) is 0 Å². The minimum absolute atomic E-state index is 0.100. The topological polar surface area (TPSA) is 35.5 Å². The lowest BCUT2D eigenvalue weighted by Gasteiger charge is -2.16. The fourth-order valence-corrected chi connectivity index (χ4v) is 2.48. The summed E-state index contributed by atoms with van der Waals surface area (Å²) in [6, 6.07) is 6.38. The van der Waals surface area contributed by atoms with E-state index in [9.17, 15) is 5.11 Å². The van der Waals surface area contributed by atoms with E-state index in [2.05, 4.69) is 43.2 Å². The average Bonchev–Trinajstić information content (AvgIpc) is 2.76. The fourth-order valence-electron chi connectivity index (χ4n) is 2.48. The second kappa shape index (κ2) is 6.25. The van der Waals surface area contributed by atoms with Crippen molar-refractivity contribution in [3.63, 3.8) is 0 Å². The molecule has 0 spiro atoms. The van der Waals surface area contributed by atoms with Gasteiger partial charge in [-0.05, 0) is 37.9 Å². The molecule has 0 bridgehead atoms. The van der Waals surface area contributed by atoms with Crippen molar-refractivity contribution in [2.75, 3.05) is 31.5 Å². The Hall–Kier alpha value is -0.995. The van der Waals surface area contributed by atoms with E-state index < -0.39 is 0 Å². The van der Waals surface area contributed by atoms with Crippen LogP contribution >= 0.6 is 0 Å². The molecule has 1 aromatic rings. The van der Waals surface area contributed by atoms with Crippen molar-refractivity contribution in [3.05, 3.63) is 23.8 Å². The molecule has 1 aliphatic rings. The van der Waals surface area contributed by atoms with Crippen LogP contribution in [0.4, 0.5) is 5.69 Å². The molecule has 98 valence electrons. The Bertz CT molecular complexity index is 397. The Morgan fingerprint density at radius 1 is 1.50 bits per heavy atom. The molecule has 1 heterocycles. The molecule has 0 saturated carbocycles. The van der Waals surface area contributed by atoms with Gasteiger partial charge in [0.25, 0.3) is 0 Å². The summed E-state index contributed by atoms with van der Waals surface area (Å²) in [5, 5.41) is 12.9. The van der Waals surface area contributed by atoms with E-state index >= 15 is 0 Å². The summed E-state index contributed by atoms with van der Waals surface area (Å²) >= 11 is 0. The Kier molecular flexibility index (Phi) is 4.67. The molecule has 0 amide bonds. The Labute approximate surface area is 111 Å². The molecule has 2 N–H and O–H groups in total. The first-order valence-corrected chi connectivity index (χ1v) is 6.87. The van der Waals surface area contributed by atoms with Gasteiger partial charge in [-0.2, -0.15) is 0 Å². The number of nitrogens with zero attached hydrogens (tertiary/aromatic N) is 1. The van der Waals surface area contributed by atoms with Gasteiger partial charge in [-0.15, -0.1) is 0 Å². The second-order valence-corrected chi connectivity index (χ2v) is 5.27. The minimum atomic E-state index is -0.100. The van der Waals surface area contributed by atoms with Crippen molar-refractivity contribution >= 4 is 19.0 Å². The maximum Gasteiger partial charge on any atom is 0.139 e. The van der Waals surface area contributed by atoms with Crippen molar-refractivity contribution in [2.45, 2.75) is 25.9 Å². The molecule has 18 heavy (non-hydrogen) atoms. The lowest BCUT2D eigenvalue weighted by atomic mass is 9.90. The third kappa shape index (κ3) is 3.50. The van der Waals surface area contributed by atoms with Crippen molar-refractivity contribution in [1.29, 1.82) is 0 Å². The summed E-state index contributed by atoms with van der Waals surface area (Å²) < 4.78 is 0. The summed E-state index contributed by atoms with van der Waals surface area (Å²) in [4.78, 5) is 2.34. The normalized spacial score (nSPS) is 20.2. The van der Waals surface area contributed by atoms with Gasteiger partial charge in [-0.25, -0.2) is 0 Å². The summed E-state index contributed by atoms with van der Waals surface area (Å²) in [5.74, 6) is 0. The number of β-amino-alcohol motifs (C(OH)–C–C–N with tert-alkyl or cyclic N) is 1. The van der Waals surface area contributed by atoms with Crippen LogP contribution in [0.1, 0.15) is 18.4 Å². The zero-order valence-corrected chi connectivity index (χ0v) is 11.4. The maximum absolute atomic E-state index is 9.44. The van der Waals surface area contributed by atoms with Gasteiger partial charge in [0.15, 0.2) is 0 Å². The number of nitrogens with one attached hydrogen (secondary N) is 1. The van der Waals surface area contributed by atoms with Crippen LogP contribution in [0.5, 0.6) is 0 Å². The van der Waals surface area contributed by atoms with E-state index in [1.807, 2.05) is 0 Å². The highest BCUT2D eigenvalue weighted by Gasteiger charge is 2.18. The highest BCUT2D eigenvalue weighted by molar-refractivity contribution is 6.33. The Morgan fingerprint density at radius 3 is 3.06 bits per heavy atom. The number of rotatable bonds is 5. The molecule has 0 radical (unpaired) electrons. The zero-order chi connectivity index (χ0) is 13.0. The lowest BCUT2D eigenvalue weighted by Crippen LogP contribution is -2.24. The van der Waals surface area contributed by atoms with Crippen LogP contribution in [0, 0.1) is 6.92 Å². The Balaban J connectivity index is 1.70. The molecule has 3 nitrogen and oxygen atoms in total. The van der Waals surface area contributed by atoms with E-state index in [1.54, 1.807) is 0 Å². The van der Waals surface area contributed by atoms with Crippen LogP contribution in [0.15, 0.2) is 18.2 Å². The van der Waals surface area contributed by atoms with Crippen LogP contribution < -0.4 is 10.8 Å². The van der Waals surface area contributed by atoms with Gasteiger partial charge < -0.3 is 15.3 Å². The average molecular weight is 246 g/mol. The lowest BCUT2D eigenvalue weighted by molar-refractivity contribution is 0.176. The van der Waals surface area contributed by atoms with Gasteiger partial charge in [0, 0.05) is 25.3 Å². The molecule has 2 rings (SSSR count). The van der Waals surface area contributed by atoms with E-state index in [-0.39, 0.29) is 6.10 Å². The molecule has 1 fully saturated rings. The van der Waals surface area contributed by atoms with Crippen LogP contribution in [-0.4, -0.2) is 50.1 Å². The van der Waals surface area contributed by atoms with Gasteiger partial charge in [0.2, 0.25) is 0 Å². The molecule has 1 aromatic carbocycles. The summed E-state index contributed by atoms with van der Waals surface area (Å²) in [5.41, 5.74) is 3.92. The van der Waals surface area contributed by atoms with E-state index in [1.165, 1.54) is 16.7 Å². The number of hydrogen-bond donors (Lipinski definition) is 2. The molecule has 4 heteroatoms. The number of benzene rings is 1. The van der Waals surface area contributed by atoms with Crippen LogP contribution in [0.25, 0.3) is 0 Å². The summed E-state index contributed by atoms with van der Waals surface area (Å²) in [6.07, 6.45) is 1.96. The van der Waals surface area contributed by atoms with Crippen molar-refractivity contribution in [2.24, 2.45) is 0 Å². The molecule has 1 saturated heterocycles. The van der Waals surface area contributed by atoms with Crippen LogP contribution in [0.3, 0.4) is 0 Å². The van der Waals surface area contributed by atoms with E-state index in [0.717, 1.165) is 39.0 Å². The summed E-state index contributed by atoms with van der Waals surface area (Å²) in [7, 11) is 2.14. The quantitative estimate of drug-likeness (QED) is 0.572. The second-order valence-electron chi connectivity index (χ2n) is 5.27. The van der Waals surface area contributed by atoms with E-state index in [0.29, 0.717) is 0 Å². The molecular formula is C14H23BN2O. The highest BCUT2D eigenvalue weighted by atomic mass is 16.3. The van der Waals surface area contributed by atoms with Gasteiger partial charge in [-0.1, -0.05) is 17.6 Å². The largest absolute Gasteiger partial charge is 0.392 e. The molecule has 1 unspecified atom stereocenters. The fraction of sp³-hybridized carbons (Fsp3) is 0.571.